The Kier molecular flexibility index (Phi) is 4.33. The molecule has 0 spiro atoms. The molecular formula is C14H15BrN2O. The molecule has 0 radical (unpaired) electrons. The number of aromatic nitrogens is 1. The number of rotatable bonds is 4. The van der Waals surface area contributed by atoms with Crippen LogP contribution in [0.3, 0.4) is 0 Å². The van der Waals surface area contributed by atoms with Crippen LogP contribution in [0.5, 0.6) is 0 Å². The number of halogens is 1. The summed E-state index contributed by atoms with van der Waals surface area (Å²) in [7, 11) is 0. The lowest BCUT2D eigenvalue weighted by Crippen LogP contribution is -2.01. The summed E-state index contributed by atoms with van der Waals surface area (Å²) < 4.78 is 0.967. The average molecular weight is 307 g/mol. The lowest BCUT2D eigenvalue weighted by Gasteiger charge is -2.08. The molecule has 0 aliphatic heterocycles. The number of hydrogen-bond acceptors (Lipinski definition) is 3. The minimum absolute atomic E-state index is 0.417. The van der Waals surface area contributed by atoms with E-state index in [1.165, 1.54) is 0 Å². The van der Waals surface area contributed by atoms with Gasteiger partial charge in [-0.1, -0.05) is 24.3 Å². The Hall–Kier alpha value is -1.39. The summed E-state index contributed by atoms with van der Waals surface area (Å²) in [6.45, 7) is 2.48. The lowest BCUT2D eigenvalue weighted by molar-refractivity contribution is 0.199. The molecule has 1 atom stereocenters. The average Bonchev–Trinajstić information content (AvgIpc) is 2.38. The smallest absolute Gasteiger partial charge is 0.126 e. The second-order valence-corrected chi connectivity index (χ2v) is 5.05. The van der Waals surface area contributed by atoms with E-state index < -0.39 is 6.10 Å². The van der Waals surface area contributed by atoms with Crippen molar-refractivity contribution < 1.29 is 5.11 Å². The van der Waals surface area contributed by atoms with Crippen LogP contribution in [0.25, 0.3) is 0 Å². The highest BCUT2D eigenvalue weighted by molar-refractivity contribution is 9.10. The maximum Gasteiger partial charge on any atom is 0.126 e. The van der Waals surface area contributed by atoms with Gasteiger partial charge in [0.2, 0.25) is 0 Å². The first-order valence-corrected chi connectivity index (χ1v) is 6.57. The van der Waals surface area contributed by atoms with E-state index in [0.717, 1.165) is 21.4 Å². The highest BCUT2D eigenvalue weighted by Crippen LogP contribution is 2.14. The van der Waals surface area contributed by atoms with Crippen molar-refractivity contribution >= 4 is 21.7 Å². The molecule has 0 saturated heterocycles. The summed E-state index contributed by atoms with van der Waals surface area (Å²) in [5, 5.41) is 12.7. The number of aliphatic hydroxyl groups is 1. The highest BCUT2D eigenvalue weighted by atomic mass is 79.9. The number of aliphatic hydroxyl groups excluding tert-OH is 1. The summed E-state index contributed by atoms with van der Waals surface area (Å²) in [4.78, 5) is 4.24. The number of nitrogens with zero attached hydrogens (tertiary/aromatic N) is 1. The third-order valence-corrected chi connectivity index (χ3v) is 3.13. The van der Waals surface area contributed by atoms with Crippen LogP contribution in [0.4, 0.5) is 5.82 Å². The summed E-state index contributed by atoms with van der Waals surface area (Å²) in [6, 6.07) is 11.8. The van der Waals surface area contributed by atoms with Crippen molar-refractivity contribution in [2.75, 3.05) is 5.32 Å². The molecule has 1 aromatic heterocycles. The molecule has 2 N–H and O–H groups in total. The molecule has 0 unspecified atom stereocenters. The first-order chi connectivity index (χ1) is 8.65. The number of nitrogens with one attached hydrogen (secondary N) is 1. The Morgan fingerprint density at radius 2 is 1.94 bits per heavy atom. The molecule has 0 aliphatic carbocycles. The van der Waals surface area contributed by atoms with E-state index in [2.05, 4.69) is 26.2 Å². The molecule has 4 heteroatoms. The number of anilines is 1. The molecule has 3 nitrogen and oxygen atoms in total. The van der Waals surface area contributed by atoms with Gasteiger partial charge in [-0.3, -0.25) is 0 Å². The van der Waals surface area contributed by atoms with Crippen LogP contribution >= 0.6 is 15.9 Å². The van der Waals surface area contributed by atoms with Crippen molar-refractivity contribution in [3.05, 3.63) is 58.2 Å². The van der Waals surface area contributed by atoms with E-state index in [-0.39, 0.29) is 0 Å². The van der Waals surface area contributed by atoms with Crippen LogP contribution in [0, 0.1) is 0 Å². The zero-order valence-corrected chi connectivity index (χ0v) is 11.7. The number of benzene rings is 1. The summed E-state index contributed by atoms with van der Waals surface area (Å²) in [5.74, 6) is 0.845. The molecule has 1 aromatic carbocycles. The largest absolute Gasteiger partial charge is 0.389 e. The fourth-order valence-corrected chi connectivity index (χ4v) is 1.82. The van der Waals surface area contributed by atoms with E-state index in [4.69, 9.17) is 0 Å². The topological polar surface area (TPSA) is 45.1 Å². The van der Waals surface area contributed by atoms with Gasteiger partial charge in [-0.05, 0) is 46.1 Å². The van der Waals surface area contributed by atoms with Gasteiger partial charge in [0.1, 0.15) is 5.82 Å². The van der Waals surface area contributed by atoms with Crippen molar-refractivity contribution in [3.63, 3.8) is 0 Å². The van der Waals surface area contributed by atoms with E-state index in [1.54, 1.807) is 13.1 Å². The van der Waals surface area contributed by atoms with Crippen molar-refractivity contribution in [1.82, 2.24) is 4.98 Å². The van der Waals surface area contributed by atoms with E-state index in [0.29, 0.717) is 6.54 Å². The summed E-state index contributed by atoms with van der Waals surface area (Å²) in [5.41, 5.74) is 2.09. The van der Waals surface area contributed by atoms with Gasteiger partial charge in [-0.2, -0.15) is 0 Å². The molecule has 0 fully saturated rings. The highest BCUT2D eigenvalue weighted by Gasteiger charge is 2.00. The van der Waals surface area contributed by atoms with Gasteiger partial charge in [-0.15, -0.1) is 0 Å². The first-order valence-electron chi connectivity index (χ1n) is 5.77. The van der Waals surface area contributed by atoms with Gasteiger partial charge in [0, 0.05) is 17.2 Å². The Balaban J connectivity index is 1.95. The third-order valence-electron chi connectivity index (χ3n) is 2.66. The molecule has 0 amide bonds. The predicted molar refractivity (Wildman–Crippen MR) is 76.3 cm³/mol. The zero-order valence-electron chi connectivity index (χ0n) is 10.1. The maximum atomic E-state index is 9.42. The van der Waals surface area contributed by atoms with Gasteiger partial charge >= 0.3 is 0 Å². The number of hydrogen-bond donors (Lipinski definition) is 2. The molecule has 0 bridgehead atoms. The standard InChI is InChI=1S/C14H15BrN2O/c1-10(18)12-4-2-11(3-5-12)8-16-14-7-6-13(15)9-17-14/h2-7,9-10,18H,8H2,1H3,(H,16,17)/t10-/m0/s1. The summed E-state index contributed by atoms with van der Waals surface area (Å²) in [6.07, 6.45) is 1.35. The fourth-order valence-electron chi connectivity index (χ4n) is 1.59. The Morgan fingerprint density at radius 3 is 2.50 bits per heavy atom. The van der Waals surface area contributed by atoms with Gasteiger partial charge in [0.25, 0.3) is 0 Å². The number of pyridine rings is 1. The molecule has 1 heterocycles. The second kappa shape index (κ2) is 5.98. The molecule has 0 saturated carbocycles. The van der Waals surface area contributed by atoms with Crippen molar-refractivity contribution in [1.29, 1.82) is 0 Å². The Bertz CT molecular complexity index is 494. The predicted octanol–water partition coefficient (Wildman–Crippen LogP) is 3.51. The lowest BCUT2D eigenvalue weighted by atomic mass is 10.1. The van der Waals surface area contributed by atoms with Crippen molar-refractivity contribution in [2.45, 2.75) is 19.6 Å². The molecule has 18 heavy (non-hydrogen) atoms. The Labute approximate surface area is 115 Å². The van der Waals surface area contributed by atoms with Gasteiger partial charge in [0.15, 0.2) is 0 Å². The van der Waals surface area contributed by atoms with Crippen LogP contribution in [0.2, 0.25) is 0 Å². The monoisotopic (exact) mass is 306 g/mol. The van der Waals surface area contributed by atoms with Crippen molar-refractivity contribution in [3.8, 4) is 0 Å². The fraction of sp³-hybridized carbons (Fsp3) is 0.214. The SMILES string of the molecule is C[C@H](O)c1ccc(CNc2ccc(Br)cn2)cc1. The minimum atomic E-state index is -0.417. The first kappa shape index (κ1) is 13.1. The van der Waals surface area contributed by atoms with E-state index >= 15 is 0 Å². The third kappa shape index (κ3) is 3.55. The molecule has 2 rings (SSSR count). The zero-order chi connectivity index (χ0) is 13.0. The van der Waals surface area contributed by atoms with Crippen LogP contribution in [0.15, 0.2) is 47.1 Å². The van der Waals surface area contributed by atoms with Gasteiger partial charge < -0.3 is 10.4 Å². The second-order valence-electron chi connectivity index (χ2n) is 4.13. The molecule has 2 aromatic rings. The Morgan fingerprint density at radius 1 is 1.22 bits per heavy atom. The van der Waals surface area contributed by atoms with Crippen molar-refractivity contribution in [2.24, 2.45) is 0 Å². The maximum absolute atomic E-state index is 9.42. The quantitative estimate of drug-likeness (QED) is 0.908. The van der Waals surface area contributed by atoms with E-state index in [1.807, 2.05) is 36.4 Å². The van der Waals surface area contributed by atoms with Gasteiger partial charge in [-0.25, -0.2) is 4.98 Å². The molecule has 0 aliphatic rings. The van der Waals surface area contributed by atoms with Crippen LogP contribution in [0.1, 0.15) is 24.2 Å². The molecular weight excluding hydrogens is 292 g/mol. The van der Waals surface area contributed by atoms with Crippen LogP contribution in [-0.4, -0.2) is 10.1 Å². The van der Waals surface area contributed by atoms with Gasteiger partial charge in [0.05, 0.1) is 6.10 Å². The normalized spacial score (nSPS) is 12.2. The molecule has 94 valence electrons. The minimum Gasteiger partial charge on any atom is -0.389 e. The van der Waals surface area contributed by atoms with Crippen LogP contribution < -0.4 is 5.32 Å². The summed E-state index contributed by atoms with van der Waals surface area (Å²) >= 11 is 3.35. The van der Waals surface area contributed by atoms with Crippen LogP contribution in [-0.2, 0) is 6.54 Å². The van der Waals surface area contributed by atoms with E-state index in [9.17, 15) is 5.11 Å².